The number of aromatic nitrogens is 2. The maximum absolute atomic E-state index is 11.7. The lowest BCUT2D eigenvalue weighted by atomic mass is 9.82. The number of carboxylic acid groups (broad SMARTS) is 1. The first-order chi connectivity index (χ1) is 19.6. The zero-order valence-corrected chi connectivity index (χ0v) is 26.6. The van der Waals surface area contributed by atoms with Gasteiger partial charge in [-0.3, -0.25) is 14.8 Å². The van der Waals surface area contributed by atoms with E-state index in [-0.39, 0.29) is 11.8 Å². The zero-order valence-electron chi connectivity index (χ0n) is 25.8. The standard InChI is InChI=1S/C29H34ClN3O4.C4H10O/c1-19-5-8-26(24(30)15-19)37-14-13-36-21-6-7-25(32-17-21)23-18-31-20(2)22(16-27(34)35)28(23)33-11-9-29(3,4)10-12-33;1-4(2,3)5/h5-8,15,17-18H,9-14,16H2,1-4H3,(H,34,35);5H,1-3H3. The largest absolute Gasteiger partial charge is 0.488 e. The lowest BCUT2D eigenvalue weighted by molar-refractivity contribution is -0.136. The van der Waals surface area contributed by atoms with Crippen LogP contribution in [0.25, 0.3) is 11.3 Å². The molecule has 9 heteroatoms. The monoisotopic (exact) mass is 597 g/mol. The van der Waals surface area contributed by atoms with Crippen molar-refractivity contribution in [2.24, 2.45) is 5.41 Å². The predicted molar refractivity (Wildman–Crippen MR) is 168 cm³/mol. The molecule has 2 N–H and O–H groups in total. The van der Waals surface area contributed by atoms with E-state index in [4.69, 9.17) is 26.2 Å². The van der Waals surface area contributed by atoms with Crippen molar-refractivity contribution in [3.8, 4) is 22.8 Å². The Labute approximate surface area is 254 Å². The van der Waals surface area contributed by atoms with Crippen LogP contribution in [-0.2, 0) is 11.2 Å². The number of carbonyl (C=O) groups is 1. The Morgan fingerprint density at radius 3 is 2.24 bits per heavy atom. The molecule has 1 aliphatic rings. The summed E-state index contributed by atoms with van der Waals surface area (Å²) in [4.78, 5) is 23.2. The van der Waals surface area contributed by atoms with E-state index >= 15 is 0 Å². The number of aryl methyl sites for hydroxylation is 2. The third-order valence-corrected chi connectivity index (χ3v) is 7.13. The minimum Gasteiger partial charge on any atom is -0.488 e. The van der Waals surface area contributed by atoms with Crippen LogP contribution in [-0.4, -0.2) is 58.1 Å². The average molecular weight is 598 g/mol. The third kappa shape index (κ3) is 10.2. The van der Waals surface area contributed by atoms with Crippen molar-refractivity contribution >= 4 is 23.3 Å². The van der Waals surface area contributed by atoms with Crippen molar-refractivity contribution in [2.45, 2.75) is 73.3 Å². The maximum atomic E-state index is 11.7. The molecule has 3 aromatic rings. The number of halogens is 1. The van der Waals surface area contributed by atoms with Gasteiger partial charge in [-0.15, -0.1) is 0 Å². The second-order valence-electron chi connectivity index (χ2n) is 12.5. The van der Waals surface area contributed by atoms with Gasteiger partial charge >= 0.3 is 5.97 Å². The molecule has 1 aromatic carbocycles. The summed E-state index contributed by atoms with van der Waals surface area (Å²) in [6.07, 6.45) is 5.48. The Hall–Kier alpha value is -3.36. The van der Waals surface area contributed by atoms with E-state index in [1.807, 2.05) is 44.2 Å². The van der Waals surface area contributed by atoms with Gasteiger partial charge in [0.15, 0.2) is 0 Å². The number of hydrogen-bond acceptors (Lipinski definition) is 7. The summed E-state index contributed by atoms with van der Waals surface area (Å²) in [5.74, 6) is 0.378. The first kappa shape index (κ1) is 33.1. The molecule has 228 valence electrons. The van der Waals surface area contributed by atoms with Crippen LogP contribution in [0.1, 0.15) is 64.3 Å². The molecular weight excluding hydrogens is 554 g/mol. The van der Waals surface area contributed by atoms with Gasteiger partial charge in [-0.25, -0.2) is 0 Å². The summed E-state index contributed by atoms with van der Waals surface area (Å²) >= 11 is 6.22. The Kier molecular flexibility index (Phi) is 11.2. The molecule has 8 nitrogen and oxygen atoms in total. The summed E-state index contributed by atoms with van der Waals surface area (Å²) in [7, 11) is 0. The first-order valence-corrected chi connectivity index (χ1v) is 14.7. The fourth-order valence-electron chi connectivity index (χ4n) is 4.54. The van der Waals surface area contributed by atoms with E-state index in [1.54, 1.807) is 33.2 Å². The number of piperidine rings is 1. The van der Waals surface area contributed by atoms with Crippen LogP contribution < -0.4 is 14.4 Å². The lowest BCUT2D eigenvalue weighted by Crippen LogP contribution is -2.38. The third-order valence-electron chi connectivity index (χ3n) is 6.84. The van der Waals surface area contributed by atoms with E-state index in [2.05, 4.69) is 28.7 Å². The molecule has 4 rings (SSSR count). The van der Waals surface area contributed by atoms with Crippen LogP contribution >= 0.6 is 11.6 Å². The first-order valence-electron chi connectivity index (χ1n) is 14.3. The van der Waals surface area contributed by atoms with Gasteiger partial charge in [-0.05, 0) is 82.7 Å². The van der Waals surface area contributed by atoms with Crippen LogP contribution in [0.15, 0.2) is 42.7 Å². The van der Waals surface area contributed by atoms with Gasteiger partial charge < -0.3 is 24.6 Å². The van der Waals surface area contributed by atoms with Gasteiger partial charge in [0.05, 0.1) is 34.6 Å². The number of hydrogen-bond donors (Lipinski definition) is 2. The Bertz CT molecular complexity index is 1340. The predicted octanol–water partition coefficient (Wildman–Crippen LogP) is 6.90. The topological polar surface area (TPSA) is 105 Å². The van der Waals surface area contributed by atoms with Gasteiger partial charge in [-0.2, -0.15) is 0 Å². The quantitative estimate of drug-likeness (QED) is 0.257. The highest BCUT2D eigenvalue weighted by Gasteiger charge is 2.29. The summed E-state index contributed by atoms with van der Waals surface area (Å²) in [5, 5.41) is 18.7. The van der Waals surface area contributed by atoms with Crippen LogP contribution in [0, 0.1) is 19.3 Å². The number of ether oxygens (including phenoxy) is 2. The van der Waals surface area contributed by atoms with Crippen LogP contribution in [0.5, 0.6) is 11.5 Å². The molecule has 0 amide bonds. The van der Waals surface area contributed by atoms with E-state index in [9.17, 15) is 9.90 Å². The van der Waals surface area contributed by atoms with Gasteiger partial charge in [0.1, 0.15) is 24.7 Å². The Morgan fingerprint density at radius 1 is 1.02 bits per heavy atom. The molecule has 2 aromatic heterocycles. The van der Waals surface area contributed by atoms with E-state index in [0.29, 0.717) is 29.7 Å². The van der Waals surface area contributed by atoms with Crippen molar-refractivity contribution in [2.75, 3.05) is 31.2 Å². The molecule has 0 bridgehead atoms. The van der Waals surface area contributed by atoms with Crippen molar-refractivity contribution < 1.29 is 24.5 Å². The number of nitrogens with zero attached hydrogens (tertiary/aromatic N) is 3. The van der Waals surface area contributed by atoms with Gasteiger partial charge in [0.2, 0.25) is 0 Å². The van der Waals surface area contributed by atoms with Crippen molar-refractivity contribution in [1.82, 2.24) is 9.97 Å². The fraction of sp³-hybridized carbons (Fsp3) is 0.485. The summed E-state index contributed by atoms with van der Waals surface area (Å²) in [5.41, 5.74) is 4.83. The molecule has 3 heterocycles. The summed E-state index contributed by atoms with van der Waals surface area (Å²) < 4.78 is 11.5. The van der Waals surface area contributed by atoms with Crippen molar-refractivity contribution in [3.63, 3.8) is 0 Å². The maximum Gasteiger partial charge on any atom is 0.307 e. The van der Waals surface area contributed by atoms with Crippen LogP contribution in [0.4, 0.5) is 5.69 Å². The fourth-order valence-corrected chi connectivity index (χ4v) is 4.83. The number of pyridine rings is 2. The van der Waals surface area contributed by atoms with E-state index < -0.39 is 11.6 Å². The number of anilines is 1. The normalized spacial score (nSPS) is 14.5. The highest BCUT2D eigenvalue weighted by Crippen LogP contribution is 2.39. The molecule has 1 saturated heterocycles. The van der Waals surface area contributed by atoms with Crippen molar-refractivity contribution in [1.29, 1.82) is 0 Å². The van der Waals surface area contributed by atoms with Crippen LogP contribution in [0.2, 0.25) is 5.02 Å². The lowest BCUT2D eigenvalue weighted by Gasteiger charge is -2.40. The molecule has 1 aliphatic heterocycles. The second kappa shape index (κ2) is 14.2. The molecule has 0 aliphatic carbocycles. The summed E-state index contributed by atoms with van der Waals surface area (Å²) in [6.45, 7) is 16.1. The highest BCUT2D eigenvalue weighted by atomic mass is 35.5. The molecule has 0 unspecified atom stereocenters. The minimum absolute atomic E-state index is 0.0753. The van der Waals surface area contributed by atoms with E-state index in [0.717, 1.165) is 59.7 Å². The number of aliphatic hydroxyl groups is 1. The SMILES string of the molecule is CC(C)(C)O.Cc1ccc(OCCOc2ccc(-c3cnc(C)c(CC(=O)O)c3N3CCC(C)(C)CC3)nc2)c(Cl)c1. The Morgan fingerprint density at radius 2 is 1.67 bits per heavy atom. The number of carboxylic acids is 1. The molecule has 0 radical (unpaired) electrons. The average Bonchev–Trinajstić information content (AvgIpc) is 2.88. The van der Waals surface area contributed by atoms with Gasteiger partial charge in [-0.1, -0.05) is 31.5 Å². The molecule has 1 fully saturated rings. The smallest absolute Gasteiger partial charge is 0.307 e. The molecule has 0 saturated carbocycles. The highest BCUT2D eigenvalue weighted by molar-refractivity contribution is 6.32. The number of benzene rings is 1. The Balaban J connectivity index is 0.000000892. The summed E-state index contributed by atoms with van der Waals surface area (Å²) in [6, 6.07) is 9.41. The van der Waals surface area contributed by atoms with Gasteiger partial charge in [0, 0.05) is 36.1 Å². The number of aliphatic carboxylic acids is 1. The van der Waals surface area contributed by atoms with Gasteiger partial charge in [0.25, 0.3) is 0 Å². The van der Waals surface area contributed by atoms with E-state index in [1.165, 1.54) is 0 Å². The zero-order chi connectivity index (χ0) is 31.1. The number of rotatable bonds is 9. The van der Waals surface area contributed by atoms with Crippen LogP contribution in [0.3, 0.4) is 0 Å². The molecule has 42 heavy (non-hydrogen) atoms. The second-order valence-corrected chi connectivity index (χ2v) is 12.9. The molecule has 0 spiro atoms. The minimum atomic E-state index is -0.869. The molecule has 0 atom stereocenters. The molecular formula is C33H44ClN3O5. The van der Waals surface area contributed by atoms with Crippen molar-refractivity contribution in [3.05, 3.63) is 64.6 Å².